The van der Waals surface area contributed by atoms with Crippen molar-refractivity contribution in [1.82, 2.24) is 4.90 Å². The normalized spacial score (nSPS) is 22.0. The number of carbonyl (C=O) groups excluding carboxylic acids is 1. The maximum Gasteiger partial charge on any atom is 0.335 e. The summed E-state index contributed by atoms with van der Waals surface area (Å²) in [7, 11) is 0. The Morgan fingerprint density at radius 1 is 1.33 bits per heavy atom. The van der Waals surface area contributed by atoms with Gasteiger partial charge in [-0.15, -0.1) is 0 Å². The molecule has 2 N–H and O–H groups in total. The van der Waals surface area contributed by atoms with Crippen molar-refractivity contribution in [1.29, 1.82) is 0 Å². The van der Waals surface area contributed by atoms with Gasteiger partial charge < -0.3 is 15.3 Å². The van der Waals surface area contributed by atoms with Crippen LogP contribution in [-0.2, 0) is 0 Å². The number of nitrogens with zero attached hydrogens (tertiary/aromatic N) is 1. The zero-order valence-corrected chi connectivity index (χ0v) is 12.6. The molecule has 0 radical (unpaired) electrons. The molecule has 1 heterocycles. The van der Waals surface area contributed by atoms with Crippen molar-refractivity contribution in [3.63, 3.8) is 0 Å². The highest BCUT2D eigenvalue weighted by Crippen LogP contribution is 2.25. The number of carboxylic acid groups (broad SMARTS) is 1. The van der Waals surface area contributed by atoms with E-state index in [4.69, 9.17) is 5.11 Å². The molecule has 21 heavy (non-hydrogen) atoms. The molecule has 2 rings (SSSR count). The Labute approximate surface area is 126 Å². The molecule has 0 saturated carbocycles. The number of nitrogens with one attached hydrogen (secondary N) is 1. The lowest BCUT2D eigenvalue weighted by Gasteiger charge is -2.34. The molecular formula is C14H17FN2O3S. The minimum Gasteiger partial charge on any atom is -0.478 e. The third-order valence-corrected chi connectivity index (χ3v) is 4.39. The fourth-order valence-electron chi connectivity index (χ4n) is 2.29. The molecular weight excluding hydrogens is 295 g/mol. The zero-order chi connectivity index (χ0) is 15.6. The number of carboxylic acids is 1. The lowest BCUT2D eigenvalue weighted by Crippen LogP contribution is -2.46. The number of rotatable bonds is 2. The summed E-state index contributed by atoms with van der Waals surface area (Å²) in [5, 5.41) is 11.9. The molecule has 2 amide bonds. The van der Waals surface area contributed by atoms with Gasteiger partial charge in [0.15, 0.2) is 0 Å². The van der Waals surface area contributed by atoms with Crippen LogP contribution in [0.1, 0.15) is 24.2 Å². The number of benzene rings is 1. The molecule has 2 atom stereocenters. The fourth-order valence-corrected chi connectivity index (χ4v) is 3.61. The second kappa shape index (κ2) is 6.34. The number of thioether (sulfide) groups is 1. The first kappa shape index (κ1) is 15.6. The van der Waals surface area contributed by atoms with Crippen LogP contribution in [0, 0.1) is 5.82 Å². The van der Waals surface area contributed by atoms with E-state index in [1.54, 1.807) is 4.90 Å². The Morgan fingerprint density at radius 2 is 1.95 bits per heavy atom. The van der Waals surface area contributed by atoms with E-state index in [9.17, 15) is 14.0 Å². The number of hydrogen-bond donors (Lipinski definition) is 2. The topological polar surface area (TPSA) is 69.6 Å². The van der Waals surface area contributed by atoms with Crippen molar-refractivity contribution in [2.45, 2.75) is 24.3 Å². The predicted molar refractivity (Wildman–Crippen MR) is 80.5 cm³/mol. The molecule has 1 aromatic carbocycles. The van der Waals surface area contributed by atoms with Crippen LogP contribution in [-0.4, -0.2) is 45.6 Å². The van der Waals surface area contributed by atoms with Gasteiger partial charge in [-0.1, -0.05) is 13.8 Å². The summed E-state index contributed by atoms with van der Waals surface area (Å²) in [6.07, 6.45) is 0. The van der Waals surface area contributed by atoms with Gasteiger partial charge in [0.1, 0.15) is 5.82 Å². The van der Waals surface area contributed by atoms with Crippen LogP contribution < -0.4 is 5.32 Å². The zero-order valence-electron chi connectivity index (χ0n) is 11.8. The second-order valence-electron chi connectivity index (χ2n) is 5.09. The number of carbonyl (C=O) groups is 2. The van der Waals surface area contributed by atoms with E-state index in [1.807, 2.05) is 25.6 Å². The smallest absolute Gasteiger partial charge is 0.335 e. The largest absolute Gasteiger partial charge is 0.478 e. The maximum atomic E-state index is 13.8. The van der Waals surface area contributed by atoms with Crippen LogP contribution in [0.4, 0.5) is 14.9 Å². The number of amides is 2. The first-order chi connectivity index (χ1) is 9.86. The Bertz CT molecular complexity index is 557. The fraction of sp³-hybridized carbons (Fsp3) is 0.429. The maximum absolute atomic E-state index is 13.8. The van der Waals surface area contributed by atoms with E-state index >= 15 is 0 Å². The Hall–Kier alpha value is -1.76. The highest BCUT2D eigenvalue weighted by molar-refractivity contribution is 8.00. The summed E-state index contributed by atoms with van der Waals surface area (Å²) in [5.41, 5.74) is -0.161. The minimum atomic E-state index is -1.21. The van der Waals surface area contributed by atoms with Gasteiger partial charge in [0.25, 0.3) is 0 Å². The summed E-state index contributed by atoms with van der Waals surface area (Å²) >= 11 is 1.82. The Morgan fingerprint density at radius 3 is 2.48 bits per heavy atom. The molecule has 1 fully saturated rings. The molecule has 0 spiro atoms. The van der Waals surface area contributed by atoms with Gasteiger partial charge in [-0.25, -0.2) is 14.0 Å². The molecule has 1 aliphatic rings. The van der Waals surface area contributed by atoms with Crippen molar-refractivity contribution in [3.8, 4) is 0 Å². The third kappa shape index (κ3) is 3.87. The molecule has 114 valence electrons. The molecule has 1 aromatic rings. The van der Waals surface area contributed by atoms with Gasteiger partial charge in [-0.05, 0) is 18.2 Å². The average molecular weight is 312 g/mol. The first-order valence-corrected chi connectivity index (χ1v) is 7.55. The Kier molecular flexibility index (Phi) is 4.72. The van der Waals surface area contributed by atoms with E-state index in [2.05, 4.69) is 5.32 Å². The molecule has 2 unspecified atom stereocenters. The monoisotopic (exact) mass is 312 g/mol. The molecule has 1 aliphatic heterocycles. The van der Waals surface area contributed by atoms with Crippen LogP contribution in [0.15, 0.2) is 18.2 Å². The van der Waals surface area contributed by atoms with E-state index in [0.717, 1.165) is 6.07 Å². The number of aromatic carboxylic acids is 1. The number of halogens is 1. The summed E-state index contributed by atoms with van der Waals surface area (Å²) < 4.78 is 13.8. The van der Waals surface area contributed by atoms with Crippen molar-refractivity contribution in [2.24, 2.45) is 0 Å². The summed E-state index contributed by atoms with van der Waals surface area (Å²) in [4.78, 5) is 24.5. The molecule has 0 bridgehead atoms. The summed E-state index contributed by atoms with van der Waals surface area (Å²) in [6.45, 7) is 5.30. The predicted octanol–water partition coefficient (Wildman–Crippen LogP) is 2.88. The molecule has 1 saturated heterocycles. The lowest BCUT2D eigenvalue weighted by atomic mass is 10.2. The van der Waals surface area contributed by atoms with Crippen molar-refractivity contribution in [2.75, 3.05) is 18.4 Å². The Balaban J connectivity index is 2.07. The standard InChI is InChI=1S/C14H17FN2O3S/c1-8-6-17(7-9(2)21-8)14(20)16-12-4-3-10(13(18)19)5-11(12)15/h3-5,8-9H,6-7H2,1-2H3,(H,16,20)(H,18,19). The van der Waals surface area contributed by atoms with Crippen LogP contribution in [0.25, 0.3) is 0 Å². The highest BCUT2D eigenvalue weighted by Gasteiger charge is 2.26. The molecule has 5 nitrogen and oxygen atoms in total. The quantitative estimate of drug-likeness (QED) is 0.881. The van der Waals surface area contributed by atoms with Gasteiger partial charge >= 0.3 is 12.0 Å². The summed E-state index contributed by atoms with van der Waals surface area (Å²) in [5.74, 6) is -1.96. The molecule has 7 heteroatoms. The van der Waals surface area contributed by atoms with E-state index < -0.39 is 11.8 Å². The lowest BCUT2D eigenvalue weighted by molar-refractivity contribution is 0.0696. The summed E-state index contributed by atoms with van der Waals surface area (Å²) in [6, 6.07) is 3.06. The minimum absolute atomic E-state index is 0.0106. The van der Waals surface area contributed by atoms with Crippen molar-refractivity contribution >= 4 is 29.4 Å². The van der Waals surface area contributed by atoms with E-state index in [0.29, 0.717) is 23.6 Å². The van der Waals surface area contributed by atoms with Gasteiger partial charge in [0, 0.05) is 23.6 Å². The number of urea groups is 1. The third-order valence-electron chi connectivity index (χ3n) is 3.16. The van der Waals surface area contributed by atoms with Gasteiger partial charge in [0.2, 0.25) is 0 Å². The van der Waals surface area contributed by atoms with Gasteiger partial charge in [-0.3, -0.25) is 0 Å². The molecule has 0 aliphatic carbocycles. The number of hydrogen-bond acceptors (Lipinski definition) is 3. The number of anilines is 1. The SMILES string of the molecule is CC1CN(C(=O)Nc2ccc(C(=O)O)cc2F)CC(C)S1. The van der Waals surface area contributed by atoms with Crippen LogP contribution in [0.5, 0.6) is 0 Å². The van der Waals surface area contributed by atoms with Crippen molar-refractivity contribution in [3.05, 3.63) is 29.6 Å². The van der Waals surface area contributed by atoms with Crippen LogP contribution in [0.2, 0.25) is 0 Å². The van der Waals surface area contributed by atoms with Crippen LogP contribution >= 0.6 is 11.8 Å². The van der Waals surface area contributed by atoms with Gasteiger partial charge in [-0.2, -0.15) is 11.8 Å². The van der Waals surface area contributed by atoms with Crippen molar-refractivity contribution < 1.29 is 19.1 Å². The second-order valence-corrected chi connectivity index (χ2v) is 6.97. The molecule has 0 aromatic heterocycles. The first-order valence-electron chi connectivity index (χ1n) is 6.61. The van der Waals surface area contributed by atoms with Crippen LogP contribution in [0.3, 0.4) is 0 Å². The van der Waals surface area contributed by atoms with E-state index in [-0.39, 0.29) is 17.3 Å². The average Bonchev–Trinajstić information content (AvgIpc) is 2.39. The van der Waals surface area contributed by atoms with E-state index in [1.165, 1.54) is 12.1 Å². The van der Waals surface area contributed by atoms with Gasteiger partial charge in [0.05, 0.1) is 11.3 Å². The highest BCUT2D eigenvalue weighted by atomic mass is 32.2.